The summed E-state index contributed by atoms with van der Waals surface area (Å²) in [6, 6.07) is 0. The Hall–Kier alpha value is -1.98. The predicted molar refractivity (Wildman–Crippen MR) is 47.2 cm³/mol. The molecule has 0 atom stereocenters. The molecule has 6 nitrogen and oxygen atoms in total. The number of carbonyl (C=O) groups excluding carboxylic acids is 1. The van der Waals surface area contributed by atoms with Crippen molar-refractivity contribution in [1.82, 2.24) is 9.78 Å². The van der Waals surface area contributed by atoms with Gasteiger partial charge in [0, 0.05) is 11.8 Å². The van der Waals surface area contributed by atoms with Crippen molar-refractivity contribution in [2.24, 2.45) is 0 Å². The Bertz CT molecular complexity index is 440. The first-order chi connectivity index (χ1) is 6.22. The molecular weight excluding hydrogens is 172 g/mol. The van der Waals surface area contributed by atoms with Crippen LogP contribution in [0, 0.1) is 0 Å². The maximum Gasteiger partial charge on any atom is 0.289 e. The van der Waals surface area contributed by atoms with Gasteiger partial charge >= 0.3 is 0 Å². The molecule has 0 aliphatic carbocycles. The number of nitrogens with two attached hydrogens (primary N) is 1. The minimum absolute atomic E-state index is 0.140. The van der Waals surface area contributed by atoms with Gasteiger partial charge in [-0.05, 0) is 0 Å². The predicted octanol–water partition coefficient (Wildman–Crippen LogP) is -0.733. The number of hydrogen-bond donors (Lipinski definition) is 3. The molecule has 2 heterocycles. The zero-order valence-corrected chi connectivity index (χ0v) is 6.70. The molecule has 1 aliphatic rings. The number of hydrogen-bond acceptors (Lipinski definition) is 4. The molecule has 1 aromatic heterocycles. The number of aromatic amines is 1. The number of allylic oxidation sites excluding steroid dienone is 1. The Morgan fingerprint density at radius 3 is 3.08 bits per heavy atom. The van der Waals surface area contributed by atoms with Crippen molar-refractivity contribution in [2.45, 2.75) is 6.54 Å². The van der Waals surface area contributed by atoms with Gasteiger partial charge < -0.3 is 11.1 Å². The fourth-order valence-corrected chi connectivity index (χ4v) is 1.23. The minimum Gasteiger partial charge on any atom is -0.391 e. The molecule has 0 fully saturated rings. The molecule has 1 aromatic rings. The number of rotatable bonds is 1. The minimum atomic E-state index is -0.344. The van der Waals surface area contributed by atoms with E-state index in [-0.39, 0.29) is 11.2 Å². The second kappa shape index (κ2) is 2.51. The quantitative estimate of drug-likeness (QED) is 0.496. The van der Waals surface area contributed by atoms with Crippen LogP contribution in [0.3, 0.4) is 0 Å². The highest BCUT2D eigenvalue weighted by Gasteiger charge is 2.15. The second-order valence-electron chi connectivity index (χ2n) is 2.77. The molecule has 0 radical (unpaired) electrons. The summed E-state index contributed by atoms with van der Waals surface area (Å²) >= 11 is 0. The normalized spacial score (nSPS) is 14.3. The standard InChI is InChI=1S/C7H8N4O2/c8-5-6-9-1-4(3-12)2-11(6)10-7(5)13/h1,3,9H,2,8H2,(H,10,13). The third-order valence-electron chi connectivity index (χ3n) is 1.89. The van der Waals surface area contributed by atoms with Gasteiger partial charge in [-0.25, -0.2) is 0 Å². The monoisotopic (exact) mass is 180 g/mol. The van der Waals surface area contributed by atoms with E-state index in [1.807, 2.05) is 0 Å². The van der Waals surface area contributed by atoms with Gasteiger partial charge in [0.2, 0.25) is 0 Å². The number of carbonyl (C=O) groups is 1. The van der Waals surface area contributed by atoms with Gasteiger partial charge in [-0.2, -0.15) is 0 Å². The zero-order chi connectivity index (χ0) is 9.42. The summed E-state index contributed by atoms with van der Waals surface area (Å²) in [5.74, 6) is 0.510. The van der Waals surface area contributed by atoms with Crippen molar-refractivity contribution < 1.29 is 4.79 Å². The van der Waals surface area contributed by atoms with Gasteiger partial charge in [0.05, 0.1) is 6.54 Å². The number of nitrogens with zero attached hydrogens (tertiary/aromatic N) is 1. The fourth-order valence-electron chi connectivity index (χ4n) is 1.23. The maximum atomic E-state index is 11.0. The molecular formula is C7H8N4O2. The van der Waals surface area contributed by atoms with Crippen molar-refractivity contribution in [3.8, 4) is 0 Å². The number of aldehydes is 1. The summed E-state index contributed by atoms with van der Waals surface area (Å²) in [6.45, 7) is 0.346. The largest absolute Gasteiger partial charge is 0.391 e. The van der Waals surface area contributed by atoms with Crippen LogP contribution in [0.4, 0.5) is 11.5 Å². The number of nitrogen functional groups attached to an aromatic ring is 1. The molecule has 13 heavy (non-hydrogen) atoms. The van der Waals surface area contributed by atoms with Crippen molar-refractivity contribution in [1.29, 1.82) is 0 Å². The van der Waals surface area contributed by atoms with Gasteiger partial charge in [0.25, 0.3) is 5.56 Å². The fraction of sp³-hybridized carbons (Fsp3) is 0.143. The zero-order valence-electron chi connectivity index (χ0n) is 6.70. The van der Waals surface area contributed by atoms with E-state index in [2.05, 4.69) is 10.4 Å². The third-order valence-corrected chi connectivity index (χ3v) is 1.89. The van der Waals surface area contributed by atoms with Crippen LogP contribution in [0.15, 0.2) is 16.6 Å². The summed E-state index contributed by atoms with van der Waals surface area (Å²) in [5.41, 5.74) is 5.82. The van der Waals surface area contributed by atoms with Crippen LogP contribution in [0.2, 0.25) is 0 Å². The lowest BCUT2D eigenvalue weighted by molar-refractivity contribution is -0.105. The number of nitrogens with one attached hydrogen (secondary N) is 2. The number of aromatic nitrogens is 2. The topological polar surface area (TPSA) is 92.9 Å². The summed E-state index contributed by atoms with van der Waals surface area (Å²) < 4.78 is 1.50. The molecule has 2 rings (SSSR count). The number of fused-ring (bicyclic) bond motifs is 1. The molecule has 1 aliphatic heterocycles. The molecule has 0 bridgehead atoms. The Balaban J connectivity index is 2.48. The highest BCUT2D eigenvalue weighted by Crippen LogP contribution is 2.18. The van der Waals surface area contributed by atoms with Crippen LogP contribution in [-0.4, -0.2) is 16.1 Å². The van der Waals surface area contributed by atoms with Crippen molar-refractivity contribution in [3.05, 3.63) is 22.1 Å². The molecule has 4 N–H and O–H groups in total. The summed E-state index contributed by atoms with van der Waals surface area (Å²) in [5, 5.41) is 5.27. The highest BCUT2D eigenvalue weighted by molar-refractivity contribution is 5.76. The van der Waals surface area contributed by atoms with Gasteiger partial charge in [0.1, 0.15) is 12.0 Å². The SMILES string of the molecule is Nc1c2n([nH]c1=O)CC(C=O)=CN2. The van der Waals surface area contributed by atoms with Crippen LogP contribution in [-0.2, 0) is 11.3 Å². The summed E-state index contributed by atoms with van der Waals surface area (Å²) in [6.07, 6.45) is 2.26. The molecule has 0 saturated heterocycles. The van der Waals surface area contributed by atoms with E-state index in [4.69, 9.17) is 5.73 Å². The van der Waals surface area contributed by atoms with E-state index in [1.165, 1.54) is 10.9 Å². The molecule has 0 unspecified atom stereocenters. The first-order valence-electron chi connectivity index (χ1n) is 3.71. The van der Waals surface area contributed by atoms with E-state index in [0.717, 1.165) is 6.29 Å². The molecule has 6 heteroatoms. The summed E-state index contributed by atoms with van der Waals surface area (Å²) in [7, 11) is 0. The second-order valence-corrected chi connectivity index (χ2v) is 2.77. The smallest absolute Gasteiger partial charge is 0.289 e. The Kier molecular flexibility index (Phi) is 1.48. The first-order valence-corrected chi connectivity index (χ1v) is 3.71. The van der Waals surface area contributed by atoms with E-state index in [9.17, 15) is 9.59 Å². The van der Waals surface area contributed by atoms with Crippen molar-refractivity contribution in [2.75, 3.05) is 11.1 Å². The molecule has 0 aromatic carbocycles. The van der Waals surface area contributed by atoms with E-state index >= 15 is 0 Å². The van der Waals surface area contributed by atoms with Crippen LogP contribution in [0.5, 0.6) is 0 Å². The average molecular weight is 180 g/mol. The van der Waals surface area contributed by atoms with Gasteiger partial charge in [-0.1, -0.05) is 0 Å². The van der Waals surface area contributed by atoms with E-state index in [0.29, 0.717) is 17.9 Å². The third kappa shape index (κ3) is 1.03. The van der Waals surface area contributed by atoms with Gasteiger partial charge in [0.15, 0.2) is 5.82 Å². The number of H-pyrrole nitrogens is 1. The van der Waals surface area contributed by atoms with Gasteiger partial charge in [-0.15, -0.1) is 0 Å². The van der Waals surface area contributed by atoms with Crippen LogP contribution < -0.4 is 16.6 Å². The lowest BCUT2D eigenvalue weighted by Gasteiger charge is -2.13. The van der Waals surface area contributed by atoms with Crippen LogP contribution >= 0.6 is 0 Å². The van der Waals surface area contributed by atoms with E-state index in [1.54, 1.807) is 0 Å². The highest BCUT2D eigenvalue weighted by atomic mass is 16.1. The Morgan fingerprint density at radius 2 is 2.38 bits per heavy atom. The maximum absolute atomic E-state index is 11.0. The molecule has 68 valence electrons. The average Bonchev–Trinajstić information content (AvgIpc) is 2.42. The number of anilines is 2. The van der Waals surface area contributed by atoms with Gasteiger partial charge in [-0.3, -0.25) is 19.4 Å². The van der Waals surface area contributed by atoms with Crippen molar-refractivity contribution in [3.63, 3.8) is 0 Å². The van der Waals surface area contributed by atoms with Crippen LogP contribution in [0.25, 0.3) is 0 Å². The Labute approximate surface area is 73.0 Å². The van der Waals surface area contributed by atoms with Crippen LogP contribution in [0.1, 0.15) is 0 Å². The molecule has 0 saturated carbocycles. The van der Waals surface area contributed by atoms with Crippen molar-refractivity contribution >= 4 is 17.8 Å². The summed E-state index contributed by atoms with van der Waals surface area (Å²) in [4.78, 5) is 21.5. The lowest BCUT2D eigenvalue weighted by atomic mass is 10.3. The van der Waals surface area contributed by atoms with E-state index < -0.39 is 0 Å². The Morgan fingerprint density at radius 1 is 1.62 bits per heavy atom. The first kappa shape index (κ1) is 7.66. The molecule has 0 spiro atoms. The lowest BCUT2D eigenvalue weighted by Crippen LogP contribution is -2.14. The molecule has 0 amide bonds.